The van der Waals surface area contributed by atoms with Crippen LogP contribution in [0.25, 0.3) is 0 Å². The summed E-state index contributed by atoms with van der Waals surface area (Å²) in [4.78, 5) is 10.2. The highest BCUT2D eigenvalue weighted by Gasteiger charge is 2.13. The van der Waals surface area contributed by atoms with Crippen molar-refractivity contribution >= 4 is 17.7 Å². The third-order valence-corrected chi connectivity index (χ3v) is 2.60. The summed E-state index contributed by atoms with van der Waals surface area (Å²) in [6.07, 6.45) is 1.60. The molecule has 1 rings (SSSR count). The maximum atomic E-state index is 10.2. The fraction of sp³-hybridized carbons (Fsp3) is 0.833. The van der Waals surface area contributed by atoms with Gasteiger partial charge in [0.1, 0.15) is 0 Å². The second-order valence-corrected chi connectivity index (χ2v) is 3.43. The molecule has 0 aromatic heterocycles. The van der Waals surface area contributed by atoms with Gasteiger partial charge in [0, 0.05) is 11.9 Å². The number of rotatable bonds is 1. The van der Waals surface area contributed by atoms with Gasteiger partial charge in [-0.1, -0.05) is 0 Å². The van der Waals surface area contributed by atoms with Crippen LogP contribution in [-0.4, -0.2) is 17.5 Å². The van der Waals surface area contributed by atoms with E-state index in [-0.39, 0.29) is 5.92 Å². The number of carboxylic acids is 1. The molecular weight excluding hydrogens is 136 g/mol. The number of hydrogen-bond donors (Lipinski definition) is 0. The van der Waals surface area contributed by atoms with Crippen molar-refractivity contribution in [2.45, 2.75) is 12.8 Å². The largest absolute Gasteiger partial charge is 0.550 e. The molecule has 0 aliphatic carbocycles. The van der Waals surface area contributed by atoms with E-state index in [0.717, 1.165) is 24.3 Å². The van der Waals surface area contributed by atoms with Gasteiger partial charge in [0.05, 0.1) is 0 Å². The van der Waals surface area contributed by atoms with Gasteiger partial charge in [0.15, 0.2) is 0 Å². The highest BCUT2D eigenvalue weighted by Crippen LogP contribution is 2.21. The van der Waals surface area contributed by atoms with E-state index in [4.69, 9.17) is 0 Å². The minimum Gasteiger partial charge on any atom is -0.550 e. The van der Waals surface area contributed by atoms with Crippen molar-refractivity contribution in [1.29, 1.82) is 0 Å². The molecule has 3 heteroatoms. The van der Waals surface area contributed by atoms with Crippen LogP contribution in [0.3, 0.4) is 0 Å². The van der Waals surface area contributed by atoms with E-state index in [2.05, 4.69) is 0 Å². The van der Waals surface area contributed by atoms with Gasteiger partial charge in [0.2, 0.25) is 0 Å². The van der Waals surface area contributed by atoms with Crippen molar-refractivity contribution in [2.75, 3.05) is 11.5 Å². The third kappa shape index (κ3) is 1.90. The van der Waals surface area contributed by atoms with E-state index in [1.165, 1.54) is 0 Å². The summed E-state index contributed by atoms with van der Waals surface area (Å²) in [7, 11) is 0. The summed E-state index contributed by atoms with van der Waals surface area (Å²) < 4.78 is 0. The normalized spacial score (nSPS) is 21.8. The molecule has 9 heavy (non-hydrogen) atoms. The van der Waals surface area contributed by atoms with E-state index >= 15 is 0 Å². The van der Waals surface area contributed by atoms with Crippen molar-refractivity contribution in [2.24, 2.45) is 5.92 Å². The Labute approximate surface area is 58.6 Å². The van der Waals surface area contributed by atoms with Gasteiger partial charge in [0.25, 0.3) is 0 Å². The molecule has 1 aliphatic rings. The van der Waals surface area contributed by atoms with Crippen LogP contribution in [0.5, 0.6) is 0 Å². The minimum absolute atomic E-state index is 0.161. The van der Waals surface area contributed by atoms with Gasteiger partial charge >= 0.3 is 0 Å². The van der Waals surface area contributed by atoms with Gasteiger partial charge in [-0.25, -0.2) is 0 Å². The SMILES string of the molecule is O=C([O-])C1CCSCC1. The summed E-state index contributed by atoms with van der Waals surface area (Å²) in [6.45, 7) is 0. The monoisotopic (exact) mass is 145 g/mol. The molecule has 0 atom stereocenters. The first-order valence-corrected chi connectivity index (χ1v) is 4.25. The molecule has 0 amide bonds. The number of carbonyl (C=O) groups excluding carboxylic acids is 1. The van der Waals surface area contributed by atoms with Crippen LogP contribution in [0.2, 0.25) is 0 Å². The molecule has 0 unspecified atom stereocenters. The fourth-order valence-corrected chi connectivity index (χ4v) is 2.04. The standard InChI is InChI=1S/C6H10O2S/c7-6(8)5-1-3-9-4-2-5/h5H,1-4H2,(H,7,8)/p-1. The Bertz CT molecular complexity index is 108. The first-order chi connectivity index (χ1) is 4.30. The maximum absolute atomic E-state index is 10.2. The summed E-state index contributed by atoms with van der Waals surface area (Å²) in [5, 5.41) is 10.2. The Kier molecular flexibility index (Phi) is 2.39. The van der Waals surface area contributed by atoms with Gasteiger partial charge < -0.3 is 9.90 Å². The number of carbonyl (C=O) groups is 1. The quantitative estimate of drug-likeness (QED) is 0.516. The summed E-state index contributed by atoms with van der Waals surface area (Å²) in [5.74, 6) is 0.943. The lowest BCUT2D eigenvalue weighted by molar-refractivity contribution is -0.311. The Morgan fingerprint density at radius 1 is 1.44 bits per heavy atom. The molecular formula is C6H9O2S-. The minimum atomic E-state index is -0.865. The predicted molar refractivity (Wildman–Crippen MR) is 35.1 cm³/mol. The number of aliphatic carboxylic acids is 1. The molecule has 0 aromatic rings. The molecule has 2 nitrogen and oxygen atoms in total. The molecule has 0 bridgehead atoms. The molecule has 1 heterocycles. The molecule has 1 saturated heterocycles. The Morgan fingerprint density at radius 2 is 2.00 bits per heavy atom. The molecule has 0 aromatic carbocycles. The molecule has 1 aliphatic heterocycles. The number of thioether (sulfide) groups is 1. The van der Waals surface area contributed by atoms with Crippen LogP contribution in [0.1, 0.15) is 12.8 Å². The molecule has 52 valence electrons. The Balaban J connectivity index is 2.31. The topological polar surface area (TPSA) is 40.1 Å². The predicted octanol–water partition coefficient (Wildman–Crippen LogP) is -0.121. The van der Waals surface area contributed by atoms with Crippen molar-refractivity contribution < 1.29 is 9.90 Å². The first kappa shape index (κ1) is 6.93. The maximum Gasteiger partial charge on any atom is 0.0445 e. The van der Waals surface area contributed by atoms with Crippen LogP contribution >= 0.6 is 11.8 Å². The van der Waals surface area contributed by atoms with E-state index in [1.807, 2.05) is 11.8 Å². The lowest BCUT2D eigenvalue weighted by atomic mass is 10.0. The molecule has 0 saturated carbocycles. The Hall–Kier alpha value is -0.180. The zero-order valence-corrected chi connectivity index (χ0v) is 5.95. The van der Waals surface area contributed by atoms with E-state index in [0.29, 0.717) is 0 Å². The smallest absolute Gasteiger partial charge is 0.0445 e. The summed E-state index contributed by atoms with van der Waals surface area (Å²) in [5.41, 5.74) is 0. The summed E-state index contributed by atoms with van der Waals surface area (Å²) in [6, 6.07) is 0. The number of carboxylic acid groups (broad SMARTS) is 1. The second-order valence-electron chi connectivity index (χ2n) is 2.21. The third-order valence-electron chi connectivity index (χ3n) is 1.55. The van der Waals surface area contributed by atoms with Crippen molar-refractivity contribution in [3.8, 4) is 0 Å². The zero-order valence-electron chi connectivity index (χ0n) is 5.13. The van der Waals surface area contributed by atoms with Crippen molar-refractivity contribution in [1.82, 2.24) is 0 Å². The van der Waals surface area contributed by atoms with Gasteiger partial charge in [-0.05, 0) is 24.3 Å². The molecule has 1 fully saturated rings. The van der Waals surface area contributed by atoms with Crippen LogP contribution < -0.4 is 5.11 Å². The lowest BCUT2D eigenvalue weighted by Crippen LogP contribution is -2.33. The highest BCUT2D eigenvalue weighted by molar-refractivity contribution is 7.99. The summed E-state index contributed by atoms with van der Waals surface area (Å²) >= 11 is 1.82. The zero-order chi connectivity index (χ0) is 6.69. The second kappa shape index (κ2) is 3.11. The molecule has 0 N–H and O–H groups in total. The average molecular weight is 145 g/mol. The van der Waals surface area contributed by atoms with E-state index < -0.39 is 5.97 Å². The average Bonchev–Trinajstić information content (AvgIpc) is 1.90. The van der Waals surface area contributed by atoms with E-state index in [1.54, 1.807) is 0 Å². The molecule has 0 spiro atoms. The van der Waals surface area contributed by atoms with Crippen LogP contribution in [-0.2, 0) is 4.79 Å². The molecule has 0 radical (unpaired) electrons. The fourth-order valence-electron chi connectivity index (χ4n) is 0.933. The van der Waals surface area contributed by atoms with Crippen molar-refractivity contribution in [3.63, 3.8) is 0 Å². The lowest BCUT2D eigenvalue weighted by Gasteiger charge is -2.21. The van der Waals surface area contributed by atoms with E-state index in [9.17, 15) is 9.90 Å². The van der Waals surface area contributed by atoms with Gasteiger partial charge in [-0.2, -0.15) is 11.8 Å². The van der Waals surface area contributed by atoms with Crippen LogP contribution in [0.15, 0.2) is 0 Å². The van der Waals surface area contributed by atoms with Gasteiger partial charge in [-0.3, -0.25) is 0 Å². The van der Waals surface area contributed by atoms with Crippen molar-refractivity contribution in [3.05, 3.63) is 0 Å². The first-order valence-electron chi connectivity index (χ1n) is 3.09. The Morgan fingerprint density at radius 3 is 2.33 bits per heavy atom. The number of hydrogen-bond acceptors (Lipinski definition) is 3. The van der Waals surface area contributed by atoms with Crippen LogP contribution in [0.4, 0.5) is 0 Å². The van der Waals surface area contributed by atoms with Crippen LogP contribution in [0, 0.1) is 5.92 Å². The highest BCUT2D eigenvalue weighted by atomic mass is 32.2. The van der Waals surface area contributed by atoms with Gasteiger partial charge in [-0.15, -0.1) is 0 Å².